The molecule has 1 fully saturated rings. The summed E-state index contributed by atoms with van der Waals surface area (Å²) in [6, 6.07) is 3.88. The van der Waals surface area contributed by atoms with Gasteiger partial charge in [0.1, 0.15) is 16.7 Å². The number of ether oxygens (including phenoxy) is 1. The molecule has 1 saturated heterocycles. The minimum atomic E-state index is 0.640. The SMILES string of the molecule is CCOc1cccnc1N1CCN(c2ncnc3scnc23)CC1. The van der Waals surface area contributed by atoms with Gasteiger partial charge in [0.2, 0.25) is 0 Å². The second-order valence-electron chi connectivity index (χ2n) is 5.44. The zero-order chi connectivity index (χ0) is 16.4. The molecule has 4 rings (SSSR count). The van der Waals surface area contributed by atoms with Crippen molar-refractivity contribution in [2.45, 2.75) is 6.92 Å². The van der Waals surface area contributed by atoms with Crippen LogP contribution in [0.3, 0.4) is 0 Å². The van der Waals surface area contributed by atoms with Crippen molar-refractivity contribution in [3.63, 3.8) is 0 Å². The topological polar surface area (TPSA) is 67.3 Å². The lowest BCUT2D eigenvalue weighted by molar-refractivity contribution is 0.338. The third-order valence-electron chi connectivity index (χ3n) is 4.04. The van der Waals surface area contributed by atoms with Gasteiger partial charge in [-0.05, 0) is 19.1 Å². The lowest BCUT2D eigenvalue weighted by atomic mass is 10.3. The molecular formula is C16H18N6OS. The molecule has 124 valence electrons. The average molecular weight is 342 g/mol. The van der Waals surface area contributed by atoms with Crippen LogP contribution in [0.15, 0.2) is 30.2 Å². The van der Waals surface area contributed by atoms with E-state index in [0.717, 1.165) is 53.9 Å². The summed E-state index contributed by atoms with van der Waals surface area (Å²) in [6.07, 6.45) is 3.43. The average Bonchev–Trinajstić information content (AvgIpc) is 3.11. The van der Waals surface area contributed by atoms with Gasteiger partial charge in [0.25, 0.3) is 0 Å². The molecule has 0 radical (unpaired) electrons. The predicted octanol–water partition coefficient (Wildman–Crippen LogP) is 2.21. The number of piperazine rings is 1. The van der Waals surface area contributed by atoms with E-state index in [2.05, 4.69) is 29.7 Å². The molecule has 1 aliphatic rings. The summed E-state index contributed by atoms with van der Waals surface area (Å²) in [5.41, 5.74) is 2.71. The molecule has 0 aliphatic carbocycles. The van der Waals surface area contributed by atoms with Crippen molar-refractivity contribution in [3.8, 4) is 5.75 Å². The van der Waals surface area contributed by atoms with Gasteiger partial charge in [0.15, 0.2) is 17.4 Å². The molecule has 0 atom stereocenters. The fraction of sp³-hybridized carbons (Fsp3) is 0.375. The summed E-state index contributed by atoms with van der Waals surface area (Å²) >= 11 is 1.54. The summed E-state index contributed by atoms with van der Waals surface area (Å²) in [6.45, 7) is 6.10. The monoisotopic (exact) mass is 342 g/mol. The Bertz CT molecular complexity index is 830. The van der Waals surface area contributed by atoms with E-state index in [-0.39, 0.29) is 0 Å². The van der Waals surface area contributed by atoms with Gasteiger partial charge in [-0.2, -0.15) is 0 Å². The molecule has 0 N–H and O–H groups in total. The first-order valence-corrected chi connectivity index (χ1v) is 8.86. The Morgan fingerprint density at radius 2 is 1.83 bits per heavy atom. The Labute approximate surface area is 144 Å². The first-order chi connectivity index (χ1) is 11.9. The quantitative estimate of drug-likeness (QED) is 0.720. The molecule has 3 aromatic rings. The number of thiazole rings is 1. The third kappa shape index (κ3) is 2.73. The van der Waals surface area contributed by atoms with Crippen LogP contribution in [0, 0.1) is 0 Å². The van der Waals surface area contributed by atoms with Crippen molar-refractivity contribution < 1.29 is 4.74 Å². The fourth-order valence-corrected chi connectivity index (χ4v) is 3.55. The number of pyridine rings is 1. The van der Waals surface area contributed by atoms with Crippen LogP contribution in [0.1, 0.15) is 6.92 Å². The Balaban J connectivity index is 1.52. The first-order valence-electron chi connectivity index (χ1n) is 7.98. The molecule has 8 heteroatoms. The van der Waals surface area contributed by atoms with Crippen LogP contribution in [0.5, 0.6) is 5.75 Å². The van der Waals surface area contributed by atoms with Crippen molar-refractivity contribution in [1.82, 2.24) is 19.9 Å². The highest BCUT2D eigenvalue weighted by atomic mass is 32.1. The molecule has 7 nitrogen and oxygen atoms in total. The highest BCUT2D eigenvalue weighted by molar-refractivity contribution is 7.16. The molecule has 0 amide bonds. The molecule has 1 aliphatic heterocycles. The minimum Gasteiger partial charge on any atom is -0.490 e. The molecule has 3 aromatic heterocycles. The number of anilines is 2. The van der Waals surface area contributed by atoms with Crippen LogP contribution in [0.25, 0.3) is 10.3 Å². The summed E-state index contributed by atoms with van der Waals surface area (Å²) in [4.78, 5) is 23.1. The van der Waals surface area contributed by atoms with Gasteiger partial charge in [0, 0.05) is 32.4 Å². The van der Waals surface area contributed by atoms with Gasteiger partial charge < -0.3 is 14.5 Å². The van der Waals surface area contributed by atoms with E-state index in [1.165, 1.54) is 0 Å². The van der Waals surface area contributed by atoms with Crippen LogP contribution < -0.4 is 14.5 Å². The molecule has 0 saturated carbocycles. The molecule has 0 spiro atoms. The van der Waals surface area contributed by atoms with Crippen LogP contribution >= 0.6 is 11.3 Å². The van der Waals surface area contributed by atoms with Crippen molar-refractivity contribution in [2.75, 3.05) is 42.6 Å². The van der Waals surface area contributed by atoms with Crippen molar-refractivity contribution in [2.24, 2.45) is 0 Å². The highest BCUT2D eigenvalue weighted by Crippen LogP contribution is 2.29. The normalized spacial score (nSPS) is 15.0. The van der Waals surface area contributed by atoms with Crippen molar-refractivity contribution in [1.29, 1.82) is 0 Å². The number of nitrogens with zero attached hydrogens (tertiary/aromatic N) is 6. The fourth-order valence-electron chi connectivity index (χ4n) is 2.93. The predicted molar refractivity (Wildman–Crippen MR) is 95.0 cm³/mol. The highest BCUT2D eigenvalue weighted by Gasteiger charge is 2.23. The number of aromatic nitrogens is 4. The van der Waals surface area contributed by atoms with E-state index >= 15 is 0 Å². The second-order valence-corrected chi connectivity index (χ2v) is 6.27. The third-order valence-corrected chi connectivity index (χ3v) is 4.78. The minimum absolute atomic E-state index is 0.640. The molecule has 24 heavy (non-hydrogen) atoms. The smallest absolute Gasteiger partial charge is 0.171 e. The molecule has 0 unspecified atom stereocenters. The number of hydrogen-bond acceptors (Lipinski definition) is 8. The van der Waals surface area contributed by atoms with Crippen LogP contribution in [-0.2, 0) is 0 Å². The summed E-state index contributed by atoms with van der Waals surface area (Å²) in [7, 11) is 0. The Kier molecular flexibility index (Phi) is 4.12. The van der Waals surface area contributed by atoms with Gasteiger partial charge in [-0.3, -0.25) is 0 Å². The molecule has 4 heterocycles. The zero-order valence-electron chi connectivity index (χ0n) is 13.4. The van der Waals surface area contributed by atoms with Gasteiger partial charge in [0.05, 0.1) is 12.1 Å². The maximum absolute atomic E-state index is 5.70. The van der Waals surface area contributed by atoms with Gasteiger partial charge in [-0.15, -0.1) is 11.3 Å². The maximum atomic E-state index is 5.70. The van der Waals surface area contributed by atoms with Crippen molar-refractivity contribution in [3.05, 3.63) is 30.2 Å². The Morgan fingerprint density at radius 1 is 1.04 bits per heavy atom. The van der Waals surface area contributed by atoms with E-state index in [9.17, 15) is 0 Å². The number of hydrogen-bond donors (Lipinski definition) is 0. The summed E-state index contributed by atoms with van der Waals surface area (Å²) < 4.78 is 5.70. The zero-order valence-corrected chi connectivity index (χ0v) is 14.2. The van der Waals surface area contributed by atoms with Crippen LogP contribution in [0.4, 0.5) is 11.6 Å². The van der Waals surface area contributed by atoms with E-state index < -0.39 is 0 Å². The van der Waals surface area contributed by atoms with E-state index in [1.807, 2.05) is 30.8 Å². The van der Waals surface area contributed by atoms with Gasteiger partial charge in [-0.1, -0.05) is 0 Å². The Hall–Kier alpha value is -2.48. The number of fused-ring (bicyclic) bond motifs is 1. The van der Waals surface area contributed by atoms with Crippen LogP contribution in [-0.4, -0.2) is 52.7 Å². The second kappa shape index (κ2) is 6.56. The van der Waals surface area contributed by atoms with E-state index in [1.54, 1.807) is 17.7 Å². The lowest BCUT2D eigenvalue weighted by Crippen LogP contribution is -2.47. The van der Waals surface area contributed by atoms with Crippen molar-refractivity contribution >= 4 is 33.3 Å². The van der Waals surface area contributed by atoms with Gasteiger partial charge >= 0.3 is 0 Å². The Morgan fingerprint density at radius 3 is 2.62 bits per heavy atom. The maximum Gasteiger partial charge on any atom is 0.171 e. The molecule has 0 bridgehead atoms. The molecular weight excluding hydrogens is 324 g/mol. The van der Waals surface area contributed by atoms with Gasteiger partial charge in [-0.25, -0.2) is 19.9 Å². The summed E-state index contributed by atoms with van der Waals surface area (Å²) in [5.74, 6) is 2.69. The first kappa shape index (κ1) is 15.1. The van der Waals surface area contributed by atoms with E-state index in [0.29, 0.717) is 6.61 Å². The summed E-state index contributed by atoms with van der Waals surface area (Å²) in [5, 5.41) is 0. The largest absolute Gasteiger partial charge is 0.490 e. The van der Waals surface area contributed by atoms with E-state index in [4.69, 9.17) is 4.74 Å². The molecule has 0 aromatic carbocycles. The lowest BCUT2D eigenvalue weighted by Gasteiger charge is -2.36. The van der Waals surface area contributed by atoms with Crippen LogP contribution in [0.2, 0.25) is 0 Å². The standard InChI is InChI=1S/C16H18N6OS/c1-2-23-12-4-3-5-17-14(12)21-6-8-22(9-7-21)15-13-16(19-10-18-15)24-11-20-13/h3-5,10-11H,2,6-9H2,1H3. The number of rotatable bonds is 4.